The standard InChI is InChI=1S/C11H12ClFN2OS/c1-14-11(16)10-4-5-17-15(10)7-2-3-9(13)8(12)6-7/h2-3,6,10H,4-5H2,1H3,(H,14,16). The van der Waals surface area contributed by atoms with Crippen molar-refractivity contribution in [1.29, 1.82) is 0 Å². The van der Waals surface area contributed by atoms with Gasteiger partial charge in [-0.05, 0) is 36.6 Å². The molecule has 0 aromatic heterocycles. The summed E-state index contributed by atoms with van der Waals surface area (Å²) in [5.74, 6) is 0.388. The van der Waals surface area contributed by atoms with Crippen molar-refractivity contribution in [2.75, 3.05) is 17.1 Å². The molecule has 1 heterocycles. The van der Waals surface area contributed by atoms with Crippen LogP contribution >= 0.6 is 23.5 Å². The van der Waals surface area contributed by atoms with Crippen LogP contribution in [-0.2, 0) is 4.79 Å². The number of hydrogen-bond acceptors (Lipinski definition) is 3. The fourth-order valence-corrected chi connectivity index (χ4v) is 3.09. The minimum Gasteiger partial charge on any atom is -0.357 e. The molecule has 0 saturated carbocycles. The molecule has 1 aromatic carbocycles. The van der Waals surface area contributed by atoms with E-state index < -0.39 is 5.82 Å². The number of benzene rings is 1. The summed E-state index contributed by atoms with van der Waals surface area (Å²) in [5.41, 5.74) is 0.757. The summed E-state index contributed by atoms with van der Waals surface area (Å²) in [6, 6.07) is 4.28. The SMILES string of the molecule is CNC(=O)C1CCSN1c1ccc(F)c(Cl)c1. The van der Waals surface area contributed by atoms with Gasteiger partial charge in [0.15, 0.2) is 0 Å². The smallest absolute Gasteiger partial charge is 0.243 e. The Labute approximate surface area is 108 Å². The van der Waals surface area contributed by atoms with Crippen molar-refractivity contribution in [3.63, 3.8) is 0 Å². The second-order valence-corrected chi connectivity index (χ2v) is 5.14. The maximum absolute atomic E-state index is 13.1. The van der Waals surface area contributed by atoms with Gasteiger partial charge in [-0.15, -0.1) is 0 Å². The normalized spacial score (nSPS) is 19.5. The number of nitrogens with zero attached hydrogens (tertiary/aromatic N) is 1. The summed E-state index contributed by atoms with van der Waals surface area (Å²) >= 11 is 7.30. The molecule has 1 atom stereocenters. The van der Waals surface area contributed by atoms with Crippen LogP contribution in [0, 0.1) is 5.82 Å². The van der Waals surface area contributed by atoms with Crippen molar-refractivity contribution >= 4 is 35.1 Å². The predicted octanol–water partition coefficient (Wildman–Crippen LogP) is 2.45. The lowest BCUT2D eigenvalue weighted by molar-refractivity contribution is -0.121. The molecule has 1 aromatic rings. The Bertz CT molecular complexity index is 443. The van der Waals surface area contributed by atoms with Crippen LogP contribution in [-0.4, -0.2) is 24.7 Å². The zero-order valence-electron chi connectivity index (χ0n) is 9.24. The number of amides is 1. The first kappa shape index (κ1) is 12.5. The Hall–Kier alpha value is -0.940. The number of hydrogen-bond donors (Lipinski definition) is 1. The average Bonchev–Trinajstić information content (AvgIpc) is 2.80. The molecule has 92 valence electrons. The second kappa shape index (κ2) is 5.14. The Morgan fingerprint density at radius 3 is 3.06 bits per heavy atom. The Morgan fingerprint density at radius 2 is 2.41 bits per heavy atom. The summed E-state index contributed by atoms with van der Waals surface area (Å²) in [7, 11) is 1.61. The zero-order chi connectivity index (χ0) is 12.4. The number of halogens is 2. The van der Waals surface area contributed by atoms with E-state index in [1.165, 1.54) is 6.07 Å². The van der Waals surface area contributed by atoms with Crippen LogP contribution in [0.4, 0.5) is 10.1 Å². The maximum Gasteiger partial charge on any atom is 0.243 e. The van der Waals surface area contributed by atoms with Gasteiger partial charge in [0.1, 0.15) is 11.9 Å². The summed E-state index contributed by atoms with van der Waals surface area (Å²) in [4.78, 5) is 11.7. The number of carbonyl (C=O) groups excluding carboxylic acids is 1. The molecule has 1 amide bonds. The summed E-state index contributed by atoms with van der Waals surface area (Å²) in [6.45, 7) is 0. The van der Waals surface area contributed by atoms with Gasteiger partial charge in [-0.1, -0.05) is 11.6 Å². The molecule has 1 N–H and O–H groups in total. The highest BCUT2D eigenvalue weighted by Gasteiger charge is 2.31. The molecule has 0 radical (unpaired) electrons. The topological polar surface area (TPSA) is 32.3 Å². The van der Waals surface area contributed by atoms with Crippen LogP contribution < -0.4 is 9.62 Å². The van der Waals surface area contributed by atoms with Gasteiger partial charge in [-0.2, -0.15) is 0 Å². The molecule has 3 nitrogen and oxygen atoms in total. The third-order valence-corrected chi connectivity index (χ3v) is 4.06. The summed E-state index contributed by atoms with van der Waals surface area (Å²) in [6.07, 6.45) is 0.777. The lowest BCUT2D eigenvalue weighted by Gasteiger charge is -2.23. The van der Waals surface area contributed by atoms with Gasteiger partial charge in [-0.25, -0.2) is 4.39 Å². The molecule has 1 fully saturated rings. The van der Waals surface area contributed by atoms with Crippen molar-refractivity contribution in [2.24, 2.45) is 0 Å². The molecule has 0 spiro atoms. The van der Waals surface area contributed by atoms with Gasteiger partial charge < -0.3 is 9.62 Å². The molecule has 0 aliphatic carbocycles. The molecule has 1 aliphatic rings. The van der Waals surface area contributed by atoms with Crippen LogP contribution in [0.1, 0.15) is 6.42 Å². The number of likely N-dealkylation sites (N-methyl/N-ethyl adjacent to an activating group) is 1. The van der Waals surface area contributed by atoms with Gasteiger partial charge in [0.05, 0.1) is 5.02 Å². The highest BCUT2D eigenvalue weighted by molar-refractivity contribution is 8.01. The Morgan fingerprint density at radius 1 is 1.65 bits per heavy atom. The van der Waals surface area contributed by atoms with Crippen LogP contribution in [0.2, 0.25) is 5.02 Å². The molecule has 0 bridgehead atoms. The van der Waals surface area contributed by atoms with Crippen molar-refractivity contribution in [1.82, 2.24) is 5.32 Å². The van der Waals surface area contributed by atoms with Crippen molar-refractivity contribution < 1.29 is 9.18 Å². The lowest BCUT2D eigenvalue weighted by atomic mass is 10.2. The minimum absolute atomic E-state index is 0.0320. The van der Waals surface area contributed by atoms with E-state index in [1.807, 2.05) is 4.31 Å². The highest BCUT2D eigenvalue weighted by Crippen LogP contribution is 2.35. The first-order chi connectivity index (χ1) is 8.13. The average molecular weight is 275 g/mol. The number of anilines is 1. The molecule has 17 heavy (non-hydrogen) atoms. The van der Waals surface area contributed by atoms with E-state index in [9.17, 15) is 9.18 Å². The summed E-state index contributed by atoms with van der Waals surface area (Å²) in [5, 5.41) is 2.71. The number of carbonyl (C=O) groups is 1. The molecule has 2 rings (SSSR count). The third kappa shape index (κ3) is 2.50. The highest BCUT2D eigenvalue weighted by atomic mass is 35.5. The quantitative estimate of drug-likeness (QED) is 0.841. The van der Waals surface area contributed by atoms with Crippen LogP contribution in [0.3, 0.4) is 0 Å². The zero-order valence-corrected chi connectivity index (χ0v) is 10.8. The molecule has 1 saturated heterocycles. The van der Waals surface area contributed by atoms with E-state index in [-0.39, 0.29) is 17.0 Å². The van der Waals surface area contributed by atoms with E-state index in [0.29, 0.717) is 0 Å². The molecular formula is C11H12ClFN2OS. The van der Waals surface area contributed by atoms with Gasteiger partial charge in [-0.3, -0.25) is 4.79 Å². The van der Waals surface area contributed by atoms with E-state index >= 15 is 0 Å². The minimum atomic E-state index is -0.448. The van der Waals surface area contributed by atoms with Gasteiger partial charge in [0, 0.05) is 18.5 Å². The molecule has 6 heteroatoms. The van der Waals surface area contributed by atoms with Crippen molar-refractivity contribution in [2.45, 2.75) is 12.5 Å². The fourth-order valence-electron chi connectivity index (χ4n) is 1.75. The second-order valence-electron chi connectivity index (χ2n) is 3.68. The number of rotatable bonds is 2. The third-order valence-electron chi connectivity index (χ3n) is 2.61. The molecule has 1 unspecified atom stereocenters. The van der Waals surface area contributed by atoms with Crippen molar-refractivity contribution in [3.8, 4) is 0 Å². The molecule has 1 aliphatic heterocycles. The first-order valence-electron chi connectivity index (χ1n) is 5.22. The van der Waals surface area contributed by atoms with Crippen molar-refractivity contribution in [3.05, 3.63) is 29.0 Å². The van der Waals surface area contributed by atoms with Crippen LogP contribution in [0.5, 0.6) is 0 Å². The van der Waals surface area contributed by atoms with Crippen LogP contribution in [0.25, 0.3) is 0 Å². The first-order valence-corrected chi connectivity index (χ1v) is 6.54. The van der Waals surface area contributed by atoms with E-state index in [2.05, 4.69) is 5.32 Å². The Balaban J connectivity index is 2.26. The van der Waals surface area contributed by atoms with Gasteiger partial charge in [0.2, 0.25) is 5.91 Å². The predicted molar refractivity (Wildman–Crippen MR) is 68.8 cm³/mol. The number of nitrogens with one attached hydrogen (secondary N) is 1. The largest absolute Gasteiger partial charge is 0.357 e. The van der Waals surface area contributed by atoms with E-state index in [1.54, 1.807) is 31.1 Å². The van der Waals surface area contributed by atoms with Gasteiger partial charge >= 0.3 is 0 Å². The van der Waals surface area contributed by atoms with Crippen LogP contribution in [0.15, 0.2) is 18.2 Å². The van der Waals surface area contributed by atoms with Gasteiger partial charge in [0.25, 0.3) is 0 Å². The monoisotopic (exact) mass is 274 g/mol. The Kier molecular flexibility index (Phi) is 3.79. The summed E-state index contributed by atoms with van der Waals surface area (Å²) < 4.78 is 15.0. The van der Waals surface area contributed by atoms with E-state index in [4.69, 9.17) is 11.6 Å². The van der Waals surface area contributed by atoms with E-state index in [0.717, 1.165) is 17.9 Å². The lowest BCUT2D eigenvalue weighted by Crippen LogP contribution is -2.39. The maximum atomic E-state index is 13.1. The fraction of sp³-hybridized carbons (Fsp3) is 0.364. The molecular weight excluding hydrogens is 263 g/mol.